The first-order valence-corrected chi connectivity index (χ1v) is 8.97. The molecule has 3 nitrogen and oxygen atoms in total. The summed E-state index contributed by atoms with van der Waals surface area (Å²) < 4.78 is 0. The van der Waals surface area contributed by atoms with E-state index in [1.807, 2.05) is 54.6 Å². The van der Waals surface area contributed by atoms with Gasteiger partial charge in [-0.15, -0.1) is 0 Å². The minimum absolute atomic E-state index is 0.0238. The van der Waals surface area contributed by atoms with E-state index in [9.17, 15) is 5.11 Å². The minimum Gasteiger partial charge on any atom is -0.380 e. The Kier molecular flexibility index (Phi) is 4.80. The minimum atomic E-state index is -0.745. The number of nitrogens with one attached hydrogen (secondary N) is 1. The summed E-state index contributed by atoms with van der Waals surface area (Å²) in [6.07, 6.45) is 10.6. The van der Waals surface area contributed by atoms with E-state index in [1.54, 1.807) is 0 Å². The normalized spacial score (nSPS) is 23.0. The molecule has 0 radical (unpaired) electrons. The van der Waals surface area contributed by atoms with Gasteiger partial charge in [0.15, 0.2) is 0 Å². The maximum Gasteiger partial charge on any atom is 0.136 e. The van der Waals surface area contributed by atoms with Crippen molar-refractivity contribution >= 4 is 5.84 Å². The van der Waals surface area contributed by atoms with Crippen LogP contribution >= 0.6 is 0 Å². The molecule has 4 rings (SSSR count). The van der Waals surface area contributed by atoms with Crippen molar-refractivity contribution in [2.24, 2.45) is 4.99 Å². The Labute approximate surface area is 154 Å². The summed E-state index contributed by atoms with van der Waals surface area (Å²) in [5.41, 5.74) is 3.27. The van der Waals surface area contributed by atoms with Crippen LogP contribution in [-0.2, 0) is 0 Å². The van der Waals surface area contributed by atoms with Crippen molar-refractivity contribution in [1.29, 1.82) is 0 Å². The molecule has 1 unspecified atom stereocenters. The van der Waals surface area contributed by atoms with Crippen molar-refractivity contribution in [1.82, 2.24) is 5.32 Å². The predicted molar refractivity (Wildman–Crippen MR) is 106 cm³/mol. The van der Waals surface area contributed by atoms with Gasteiger partial charge in [-0.05, 0) is 23.1 Å². The average molecular weight is 342 g/mol. The van der Waals surface area contributed by atoms with Crippen LogP contribution in [0.5, 0.6) is 0 Å². The first-order chi connectivity index (χ1) is 12.8. The van der Waals surface area contributed by atoms with Gasteiger partial charge in [0.1, 0.15) is 11.9 Å². The maximum absolute atomic E-state index is 10.8. The van der Waals surface area contributed by atoms with Crippen LogP contribution in [0.3, 0.4) is 0 Å². The summed E-state index contributed by atoms with van der Waals surface area (Å²) in [6.45, 7) is 0. The highest BCUT2D eigenvalue weighted by Crippen LogP contribution is 2.33. The molecule has 2 aromatic rings. The van der Waals surface area contributed by atoms with Crippen molar-refractivity contribution in [2.75, 3.05) is 0 Å². The van der Waals surface area contributed by atoms with Gasteiger partial charge in [-0.3, -0.25) is 4.99 Å². The molecule has 1 aliphatic carbocycles. The lowest BCUT2D eigenvalue weighted by atomic mass is 9.93. The first-order valence-electron chi connectivity index (χ1n) is 8.97. The van der Waals surface area contributed by atoms with Gasteiger partial charge < -0.3 is 10.4 Å². The van der Waals surface area contributed by atoms with Crippen molar-refractivity contribution in [3.63, 3.8) is 0 Å². The average Bonchev–Trinajstić information content (AvgIpc) is 2.97. The van der Waals surface area contributed by atoms with Crippen LogP contribution in [0, 0.1) is 0 Å². The number of aliphatic imine (C=N–C) groups is 1. The van der Waals surface area contributed by atoms with Crippen molar-refractivity contribution in [2.45, 2.75) is 24.6 Å². The summed E-state index contributed by atoms with van der Waals surface area (Å²) in [5.74, 6) is 0.633. The Hall–Kier alpha value is -2.91. The van der Waals surface area contributed by atoms with E-state index in [-0.39, 0.29) is 12.1 Å². The van der Waals surface area contributed by atoms with E-state index in [0.717, 1.165) is 12.0 Å². The van der Waals surface area contributed by atoms with E-state index < -0.39 is 6.10 Å². The summed E-state index contributed by atoms with van der Waals surface area (Å²) in [7, 11) is 0. The second kappa shape index (κ2) is 7.54. The molecule has 26 heavy (non-hydrogen) atoms. The zero-order valence-corrected chi connectivity index (χ0v) is 14.5. The quantitative estimate of drug-likeness (QED) is 0.871. The number of aliphatic hydroxyl groups excluding tert-OH is 1. The largest absolute Gasteiger partial charge is 0.380 e. The molecule has 2 aliphatic rings. The van der Waals surface area contributed by atoms with Crippen LogP contribution in [0.2, 0.25) is 0 Å². The Bertz CT molecular complexity index is 866. The lowest BCUT2D eigenvalue weighted by Crippen LogP contribution is -2.30. The molecule has 3 heteroatoms. The lowest BCUT2D eigenvalue weighted by molar-refractivity contribution is 0.243. The van der Waals surface area contributed by atoms with E-state index in [0.29, 0.717) is 5.84 Å². The molecule has 130 valence electrons. The van der Waals surface area contributed by atoms with E-state index in [2.05, 4.69) is 41.8 Å². The molecule has 1 heterocycles. The molecule has 0 saturated heterocycles. The van der Waals surface area contributed by atoms with Gasteiger partial charge in [0.2, 0.25) is 0 Å². The summed E-state index contributed by atoms with van der Waals surface area (Å²) >= 11 is 0. The van der Waals surface area contributed by atoms with Gasteiger partial charge in [-0.2, -0.15) is 0 Å². The van der Waals surface area contributed by atoms with E-state index in [1.165, 1.54) is 11.1 Å². The molecule has 3 atom stereocenters. The van der Waals surface area contributed by atoms with Gasteiger partial charge in [0.25, 0.3) is 0 Å². The molecule has 1 aliphatic heterocycles. The molecule has 0 fully saturated rings. The highest BCUT2D eigenvalue weighted by Gasteiger charge is 2.34. The molecule has 0 bridgehead atoms. The fourth-order valence-corrected chi connectivity index (χ4v) is 3.48. The number of nitrogens with zero attached hydrogens (tertiary/aromatic N) is 1. The predicted octanol–water partition coefficient (Wildman–Crippen LogP) is 4.27. The van der Waals surface area contributed by atoms with E-state index >= 15 is 0 Å². The molecule has 2 N–H and O–H groups in total. The number of hydrogen-bond donors (Lipinski definition) is 2. The topological polar surface area (TPSA) is 44.6 Å². The monoisotopic (exact) mass is 342 g/mol. The zero-order valence-electron chi connectivity index (χ0n) is 14.5. The van der Waals surface area contributed by atoms with Crippen LogP contribution in [-0.4, -0.2) is 17.0 Å². The Morgan fingerprint density at radius 2 is 1.65 bits per heavy atom. The second-order valence-electron chi connectivity index (χ2n) is 6.56. The van der Waals surface area contributed by atoms with Crippen LogP contribution in [0.25, 0.3) is 0 Å². The lowest BCUT2D eigenvalue weighted by Gasteiger charge is -2.21. The number of benzene rings is 2. The van der Waals surface area contributed by atoms with Crippen LogP contribution < -0.4 is 5.32 Å². The van der Waals surface area contributed by atoms with Gasteiger partial charge in [-0.25, -0.2) is 0 Å². The van der Waals surface area contributed by atoms with Gasteiger partial charge >= 0.3 is 0 Å². The fraction of sp³-hybridized carbons (Fsp3) is 0.174. The summed E-state index contributed by atoms with van der Waals surface area (Å²) in [4.78, 5) is 4.91. The van der Waals surface area contributed by atoms with Gasteiger partial charge in [0.05, 0.1) is 12.1 Å². The van der Waals surface area contributed by atoms with Gasteiger partial charge in [-0.1, -0.05) is 91.0 Å². The third kappa shape index (κ3) is 3.39. The maximum atomic E-state index is 10.8. The Morgan fingerprint density at radius 1 is 0.923 bits per heavy atom. The molecule has 2 aromatic carbocycles. The third-order valence-electron chi connectivity index (χ3n) is 4.83. The number of rotatable bonds is 4. The number of aliphatic hydroxyl groups is 1. The molecule has 0 aromatic heterocycles. The van der Waals surface area contributed by atoms with Gasteiger partial charge in [0, 0.05) is 0 Å². The Balaban J connectivity index is 1.68. The highest BCUT2D eigenvalue weighted by molar-refractivity contribution is 5.90. The number of amidine groups is 1. The zero-order chi connectivity index (χ0) is 17.8. The molecule has 0 spiro atoms. The first kappa shape index (κ1) is 16.6. The number of hydrogen-bond acceptors (Lipinski definition) is 3. The van der Waals surface area contributed by atoms with Crippen molar-refractivity contribution in [3.8, 4) is 0 Å². The smallest absolute Gasteiger partial charge is 0.136 e. The van der Waals surface area contributed by atoms with Crippen molar-refractivity contribution in [3.05, 3.63) is 108 Å². The highest BCUT2D eigenvalue weighted by atomic mass is 16.3. The van der Waals surface area contributed by atoms with Crippen molar-refractivity contribution < 1.29 is 5.11 Å². The fourth-order valence-electron chi connectivity index (χ4n) is 3.48. The second-order valence-corrected chi connectivity index (χ2v) is 6.56. The summed E-state index contributed by atoms with van der Waals surface area (Å²) in [6, 6.07) is 20.0. The van der Waals surface area contributed by atoms with Crippen LogP contribution in [0.1, 0.15) is 29.7 Å². The third-order valence-corrected chi connectivity index (χ3v) is 4.83. The molecule has 0 amide bonds. The van der Waals surface area contributed by atoms with Crippen LogP contribution in [0.15, 0.2) is 102 Å². The standard InChI is InChI=1S/C23H22N2O/c26-22(19-15-9-4-10-16-19)23-24-20(17-11-5-1-2-6-12-17)21(25-23)18-13-7-3-8-14-18/h1-11,13-16,20-22,26H,12H2,(H,24,25)/t20-,21+,22?/m1/s1. The molecular weight excluding hydrogens is 320 g/mol. The molecule has 0 saturated carbocycles. The number of allylic oxidation sites excluding steroid dienone is 5. The Morgan fingerprint density at radius 3 is 2.42 bits per heavy atom. The molecular formula is C23H22N2O. The summed E-state index contributed by atoms with van der Waals surface area (Å²) in [5, 5.41) is 14.3. The van der Waals surface area contributed by atoms with E-state index in [4.69, 9.17) is 4.99 Å². The van der Waals surface area contributed by atoms with Crippen LogP contribution in [0.4, 0.5) is 0 Å². The SMILES string of the molecule is OC(C1=N[C@H](C2=CC=CC=CC2)[C@H](c2ccccc2)N1)c1ccccc1.